The topological polar surface area (TPSA) is 3.01 Å². The summed E-state index contributed by atoms with van der Waals surface area (Å²) in [6, 6.07) is 0.777. The van der Waals surface area contributed by atoms with Crippen molar-refractivity contribution in [2.75, 3.05) is 6.54 Å². The minimum atomic E-state index is 0.777. The maximum atomic E-state index is 3.96. The highest BCUT2D eigenvalue weighted by Crippen LogP contribution is 2.18. The van der Waals surface area contributed by atoms with Gasteiger partial charge in [0.15, 0.2) is 0 Å². The molecule has 0 aromatic carbocycles. The van der Waals surface area contributed by atoms with Crippen LogP contribution in [0.25, 0.3) is 0 Å². The number of rotatable bonds is 2. The molecule has 39 valence electrons. The normalized spacial score (nSPS) is 38.0. The maximum absolute atomic E-state index is 3.96. The second-order valence-corrected chi connectivity index (χ2v) is 2.81. The van der Waals surface area contributed by atoms with Gasteiger partial charge < -0.3 is 4.81 Å². The van der Waals surface area contributed by atoms with Gasteiger partial charge in [-0.1, -0.05) is 0 Å². The van der Waals surface area contributed by atoms with Crippen LogP contribution in [-0.4, -0.2) is 24.1 Å². The molecule has 0 saturated carbocycles. The average Bonchev–Trinajstić information content (AvgIpc) is 2.22. The van der Waals surface area contributed by atoms with Gasteiger partial charge >= 0.3 is 6.69 Å². The lowest BCUT2D eigenvalue weighted by molar-refractivity contribution is 0.821. The molecule has 1 aliphatic heterocycles. The van der Waals surface area contributed by atoms with Crippen LogP contribution in [0.5, 0.6) is 0 Å². The average molecular weight is 132 g/mol. The van der Waals surface area contributed by atoms with Gasteiger partial charge in [-0.2, -0.15) is 0 Å². The van der Waals surface area contributed by atoms with Crippen LogP contribution in [0.2, 0.25) is 0 Å². The quantitative estimate of drug-likeness (QED) is 0.256. The lowest BCUT2D eigenvalue weighted by Crippen LogP contribution is -1.99. The van der Waals surface area contributed by atoms with E-state index in [1.54, 1.807) is 0 Å². The van der Waals surface area contributed by atoms with Crippen molar-refractivity contribution in [1.29, 1.82) is 0 Å². The molecule has 1 fully saturated rings. The standard InChI is InChI=1S/C3H7BNS2/c1-3-2-5(3)4-7-6/h3,6H,2H2,1H3/t3-,5?/m0/s1. The fourth-order valence-electron chi connectivity index (χ4n) is 0.465. The Morgan fingerprint density at radius 3 is 2.71 bits per heavy atom. The molecule has 0 aromatic rings. The first-order valence-electron chi connectivity index (χ1n) is 2.24. The Labute approximate surface area is 53.8 Å². The zero-order valence-electron chi connectivity index (χ0n) is 4.16. The van der Waals surface area contributed by atoms with Gasteiger partial charge in [-0.3, -0.25) is 0 Å². The molecule has 1 heterocycles. The lowest BCUT2D eigenvalue weighted by atomic mass is 10.4. The third kappa shape index (κ3) is 1.59. The fourth-order valence-corrected chi connectivity index (χ4v) is 1.24. The van der Waals surface area contributed by atoms with Gasteiger partial charge in [0.05, 0.1) is 0 Å². The Kier molecular flexibility index (Phi) is 1.95. The van der Waals surface area contributed by atoms with Crippen molar-refractivity contribution >= 4 is 29.0 Å². The van der Waals surface area contributed by atoms with Gasteiger partial charge in [-0.25, -0.2) is 0 Å². The third-order valence-electron chi connectivity index (χ3n) is 1.09. The zero-order valence-corrected chi connectivity index (χ0v) is 5.88. The first-order chi connectivity index (χ1) is 3.34. The molecule has 0 bridgehead atoms. The molecule has 1 aliphatic rings. The van der Waals surface area contributed by atoms with E-state index in [2.05, 4.69) is 23.4 Å². The van der Waals surface area contributed by atoms with Gasteiger partial charge in [0.1, 0.15) is 0 Å². The zero-order chi connectivity index (χ0) is 5.28. The molecule has 7 heavy (non-hydrogen) atoms. The second kappa shape index (κ2) is 2.33. The van der Waals surface area contributed by atoms with Crippen LogP contribution in [-0.2, 0) is 0 Å². The first kappa shape index (κ1) is 5.85. The number of hydrogen-bond acceptors (Lipinski definition) is 3. The summed E-state index contributed by atoms with van der Waals surface area (Å²) in [6.45, 7) is 5.45. The van der Waals surface area contributed by atoms with Crippen molar-refractivity contribution in [3.05, 3.63) is 0 Å². The molecule has 1 unspecified atom stereocenters. The van der Waals surface area contributed by atoms with E-state index in [1.165, 1.54) is 17.2 Å². The summed E-state index contributed by atoms with van der Waals surface area (Å²) in [5.74, 6) is 0. The summed E-state index contributed by atoms with van der Waals surface area (Å²) in [4.78, 5) is 2.23. The minimum Gasteiger partial charge on any atom is -0.331 e. The van der Waals surface area contributed by atoms with Crippen LogP contribution in [0.1, 0.15) is 6.92 Å². The number of thiol groups is 1. The second-order valence-electron chi connectivity index (χ2n) is 1.76. The van der Waals surface area contributed by atoms with Crippen LogP contribution in [0.3, 0.4) is 0 Å². The molecular weight excluding hydrogens is 125 g/mol. The van der Waals surface area contributed by atoms with Gasteiger partial charge in [0.25, 0.3) is 0 Å². The van der Waals surface area contributed by atoms with E-state index >= 15 is 0 Å². The summed E-state index contributed by atoms with van der Waals surface area (Å²) in [7, 11) is 1.47. The molecule has 0 aliphatic carbocycles. The van der Waals surface area contributed by atoms with E-state index in [4.69, 9.17) is 0 Å². The molecule has 4 heteroatoms. The number of hydrogen-bond donors (Lipinski definition) is 1. The summed E-state index contributed by atoms with van der Waals surface area (Å²) in [5.41, 5.74) is 0. The van der Waals surface area contributed by atoms with Crippen molar-refractivity contribution in [3.63, 3.8) is 0 Å². The van der Waals surface area contributed by atoms with Gasteiger partial charge in [0.2, 0.25) is 0 Å². The van der Waals surface area contributed by atoms with Crippen LogP contribution in [0, 0.1) is 0 Å². The predicted molar refractivity (Wildman–Crippen MR) is 38.5 cm³/mol. The van der Waals surface area contributed by atoms with Crippen LogP contribution >= 0.6 is 22.3 Å². The SMILES string of the molecule is C[C@H]1CN1[B]SS. The first-order valence-corrected chi connectivity index (χ1v) is 4.17. The molecule has 0 N–H and O–H groups in total. The van der Waals surface area contributed by atoms with E-state index in [0.717, 1.165) is 6.04 Å². The van der Waals surface area contributed by atoms with Crippen molar-refractivity contribution in [2.45, 2.75) is 13.0 Å². The summed E-state index contributed by atoms with van der Waals surface area (Å²) >= 11 is 3.96. The molecule has 1 nitrogen and oxygen atoms in total. The Morgan fingerprint density at radius 1 is 2.00 bits per heavy atom. The van der Waals surface area contributed by atoms with Crippen LogP contribution in [0.15, 0.2) is 0 Å². The van der Waals surface area contributed by atoms with E-state index in [-0.39, 0.29) is 0 Å². The Balaban J connectivity index is 1.98. The summed E-state index contributed by atoms with van der Waals surface area (Å²) in [5, 5.41) is 0. The van der Waals surface area contributed by atoms with E-state index in [1.807, 2.05) is 6.69 Å². The smallest absolute Gasteiger partial charge is 0.303 e. The molecular formula is C3H7BNS2. The maximum Gasteiger partial charge on any atom is 0.303 e. The van der Waals surface area contributed by atoms with Gasteiger partial charge in [-0.15, -0.1) is 22.3 Å². The molecule has 1 rings (SSSR count). The Hall–Kier alpha value is 0.725. The van der Waals surface area contributed by atoms with Gasteiger partial charge in [-0.05, 0) is 6.92 Å². The highest BCUT2D eigenvalue weighted by atomic mass is 33.1. The van der Waals surface area contributed by atoms with Crippen molar-refractivity contribution < 1.29 is 0 Å². The van der Waals surface area contributed by atoms with Crippen molar-refractivity contribution in [1.82, 2.24) is 4.81 Å². The summed E-state index contributed by atoms with van der Waals surface area (Å²) < 4.78 is 0. The van der Waals surface area contributed by atoms with Gasteiger partial charge in [0, 0.05) is 12.6 Å². The Bertz CT molecular complexity index is 70.0. The summed E-state index contributed by atoms with van der Waals surface area (Å²) in [6.07, 6.45) is 0. The van der Waals surface area contributed by atoms with E-state index in [9.17, 15) is 0 Å². The lowest BCUT2D eigenvalue weighted by Gasteiger charge is -1.88. The molecule has 0 aromatic heterocycles. The third-order valence-corrected chi connectivity index (χ3v) is 1.74. The van der Waals surface area contributed by atoms with Crippen LogP contribution < -0.4 is 0 Å². The van der Waals surface area contributed by atoms with E-state index < -0.39 is 0 Å². The molecule has 0 spiro atoms. The van der Waals surface area contributed by atoms with E-state index in [0.29, 0.717) is 0 Å². The molecule has 1 saturated heterocycles. The highest BCUT2D eigenvalue weighted by molar-refractivity contribution is 8.78. The molecule has 1 radical (unpaired) electrons. The van der Waals surface area contributed by atoms with Crippen molar-refractivity contribution in [2.24, 2.45) is 0 Å². The number of nitrogens with zero attached hydrogens (tertiary/aromatic N) is 1. The predicted octanol–water partition coefficient (Wildman–Crippen LogP) is 0.803. The minimum absolute atomic E-state index is 0.777. The highest BCUT2D eigenvalue weighted by Gasteiger charge is 2.28. The molecule has 2 atom stereocenters. The van der Waals surface area contributed by atoms with Crippen LogP contribution in [0.4, 0.5) is 0 Å². The monoisotopic (exact) mass is 132 g/mol. The largest absolute Gasteiger partial charge is 0.331 e. The Morgan fingerprint density at radius 2 is 2.57 bits per heavy atom. The molecule has 0 amide bonds. The van der Waals surface area contributed by atoms with Crippen molar-refractivity contribution in [3.8, 4) is 0 Å². The fraction of sp³-hybridized carbons (Fsp3) is 1.00.